The number of carbonyl (C=O) groups is 1. The van der Waals surface area contributed by atoms with Gasteiger partial charge in [0.1, 0.15) is 0 Å². The van der Waals surface area contributed by atoms with Gasteiger partial charge in [-0.05, 0) is 5.92 Å². The van der Waals surface area contributed by atoms with Crippen molar-refractivity contribution in [2.75, 3.05) is 6.54 Å². The summed E-state index contributed by atoms with van der Waals surface area (Å²) in [4.78, 5) is 10.4. The first-order valence-electron chi connectivity index (χ1n) is 2.74. The minimum absolute atomic E-state index is 0.0602. The van der Waals surface area contributed by atoms with E-state index in [2.05, 4.69) is 5.32 Å². The molecule has 1 unspecified atom stereocenters. The number of rotatable bonds is 1. The van der Waals surface area contributed by atoms with Crippen molar-refractivity contribution < 1.29 is 4.79 Å². The third kappa shape index (κ3) is 0.690. The Labute approximate surface area is 48.2 Å². The molecule has 1 aliphatic rings. The van der Waals surface area contributed by atoms with Crippen LogP contribution in [0.25, 0.3) is 0 Å². The maximum absolute atomic E-state index is 10.4. The van der Waals surface area contributed by atoms with E-state index in [-0.39, 0.29) is 11.9 Å². The van der Waals surface area contributed by atoms with Gasteiger partial charge < -0.3 is 11.1 Å². The van der Waals surface area contributed by atoms with Gasteiger partial charge in [0.15, 0.2) is 0 Å². The molecule has 0 bridgehead atoms. The Hall–Kier alpha value is -0.570. The van der Waals surface area contributed by atoms with Crippen LogP contribution in [0, 0.1) is 5.92 Å². The van der Waals surface area contributed by atoms with Gasteiger partial charge in [-0.15, -0.1) is 0 Å². The first-order chi connectivity index (χ1) is 3.72. The third-order valence-electron chi connectivity index (χ3n) is 1.54. The van der Waals surface area contributed by atoms with E-state index in [0.29, 0.717) is 5.92 Å². The monoisotopic (exact) mass is 114 g/mol. The van der Waals surface area contributed by atoms with Crippen molar-refractivity contribution in [3.63, 3.8) is 0 Å². The molecule has 46 valence electrons. The van der Waals surface area contributed by atoms with Crippen LogP contribution in [0.3, 0.4) is 0 Å². The summed E-state index contributed by atoms with van der Waals surface area (Å²) in [6.45, 7) is 2.93. The first-order valence-corrected chi connectivity index (χ1v) is 2.74. The number of amides is 1. The molecule has 1 aliphatic heterocycles. The second-order valence-electron chi connectivity index (χ2n) is 2.27. The molecule has 0 spiro atoms. The van der Waals surface area contributed by atoms with E-state index >= 15 is 0 Å². The van der Waals surface area contributed by atoms with Crippen LogP contribution in [0.4, 0.5) is 0 Å². The summed E-state index contributed by atoms with van der Waals surface area (Å²) < 4.78 is 0. The molecule has 0 radical (unpaired) electrons. The minimum atomic E-state index is -0.233. The zero-order valence-corrected chi connectivity index (χ0v) is 4.85. The molecule has 3 N–H and O–H groups in total. The van der Waals surface area contributed by atoms with Crippen LogP contribution in [0.5, 0.6) is 0 Å². The molecule has 1 saturated heterocycles. The molecule has 0 aromatic carbocycles. The van der Waals surface area contributed by atoms with Gasteiger partial charge in [0.05, 0.1) is 6.04 Å². The SMILES string of the molecule is CC1CN[C@H]1C(N)=O. The molecule has 3 heteroatoms. The fraction of sp³-hybridized carbons (Fsp3) is 0.800. The second kappa shape index (κ2) is 1.74. The number of hydrogen-bond donors (Lipinski definition) is 2. The number of hydrogen-bond acceptors (Lipinski definition) is 2. The standard InChI is InChI=1S/C5H10N2O/c1-3-2-7-4(3)5(6)8/h3-4,7H,2H2,1H3,(H2,6,8)/t3?,4-/m1/s1. The number of carbonyl (C=O) groups excluding carboxylic acids is 1. The van der Waals surface area contributed by atoms with E-state index in [1.165, 1.54) is 0 Å². The predicted octanol–water partition coefficient (Wildman–Crippen LogP) is -0.920. The Balaban J connectivity index is 2.37. The van der Waals surface area contributed by atoms with Crippen LogP contribution in [0.2, 0.25) is 0 Å². The summed E-state index contributed by atoms with van der Waals surface area (Å²) in [5.74, 6) is 0.205. The molecule has 1 rings (SSSR count). The van der Waals surface area contributed by atoms with Crippen LogP contribution in [-0.4, -0.2) is 18.5 Å². The van der Waals surface area contributed by atoms with Crippen molar-refractivity contribution in [2.45, 2.75) is 13.0 Å². The van der Waals surface area contributed by atoms with Crippen LogP contribution < -0.4 is 11.1 Å². The van der Waals surface area contributed by atoms with Crippen LogP contribution in [0.1, 0.15) is 6.92 Å². The highest BCUT2D eigenvalue weighted by Gasteiger charge is 2.30. The summed E-state index contributed by atoms with van der Waals surface area (Å²) in [6.07, 6.45) is 0. The zero-order valence-electron chi connectivity index (χ0n) is 4.85. The van der Waals surface area contributed by atoms with Crippen molar-refractivity contribution >= 4 is 5.91 Å². The Morgan fingerprint density at radius 3 is 2.50 bits per heavy atom. The number of nitrogens with two attached hydrogens (primary N) is 1. The van der Waals surface area contributed by atoms with Crippen LogP contribution in [-0.2, 0) is 4.79 Å². The van der Waals surface area contributed by atoms with E-state index in [9.17, 15) is 4.79 Å². The van der Waals surface area contributed by atoms with Gasteiger partial charge in [-0.2, -0.15) is 0 Å². The lowest BCUT2D eigenvalue weighted by Crippen LogP contribution is -2.58. The van der Waals surface area contributed by atoms with Gasteiger partial charge in [-0.1, -0.05) is 6.92 Å². The second-order valence-corrected chi connectivity index (χ2v) is 2.27. The van der Waals surface area contributed by atoms with E-state index < -0.39 is 0 Å². The summed E-state index contributed by atoms with van der Waals surface area (Å²) in [5.41, 5.74) is 4.99. The molecule has 0 aromatic heterocycles. The van der Waals surface area contributed by atoms with E-state index in [1.807, 2.05) is 6.92 Å². The Morgan fingerprint density at radius 1 is 1.88 bits per heavy atom. The van der Waals surface area contributed by atoms with Gasteiger partial charge >= 0.3 is 0 Å². The average Bonchev–Trinajstić information content (AvgIpc) is 1.61. The molecule has 0 aromatic rings. The lowest BCUT2D eigenvalue weighted by atomic mass is 9.94. The van der Waals surface area contributed by atoms with Crippen LogP contribution >= 0.6 is 0 Å². The summed E-state index contributed by atoms with van der Waals surface area (Å²) in [7, 11) is 0. The maximum atomic E-state index is 10.4. The Kier molecular flexibility index (Phi) is 1.21. The quantitative estimate of drug-likeness (QED) is 0.463. The molecule has 2 atom stereocenters. The Bertz CT molecular complexity index is 113. The molecule has 1 amide bonds. The molecule has 0 aliphatic carbocycles. The van der Waals surface area contributed by atoms with Gasteiger partial charge in [0, 0.05) is 6.54 Å². The Morgan fingerprint density at radius 2 is 2.50 bits per heavy atom. The van der Waals surface area contributed by atoms with Gasteiger partial charge in [-0.25, -0.2) is 0 Å². The van der Waals surface area contributed by atoms with Crippen molar-refractivity contribution in [2.24, 2.45) is 11.7 Å². The lowest BCUT2D eigenvalue weighted by Gasteiger charge is -2.32. The topological polar surface area (TPSA) is 55.1 Å². The van der Waals surface area contributed by atoms with E-state index in [0.717, 1.165) is 6.54 Å². The lowest BCUT2D eigenvalue weighted by molar-refractivity contribution is -0.123. The number of nitrogens with one attached hydrogen (secondary N) is 1. The highest BCUT2D eigenvalue weighted by Crippen LogP contribution is 2.09. The van der Waals surface area contributed by atoms with E-state index in [4.69, 9.17) is 5.73 Å². The highest BCUT2D eigenvalue weighted by molar-refractivity contribution is 5.81. The van der Waals surface area contributed by atoms with Crippen molar-refractivity contribution in [1.82, 2.24) is 5.32 Å². The molecule has 8 heavy (non-hydrogen) atoms. The molecule has 1 fully saturated rings. The predicted molar refractivity (Wildman–Crippen MR) is 30.1 cm³/mol. The van der Waals surface area contributed by atoms with Crippen molar-refractivity contribution in [1.29, 1.82) is 0 Å². The van der Waals surface area contributed by atoms with Crippen molar-refractivity contribution in [3.8, 4) is 0 Å². The number of primary amides is 1. The molecule has 1 heterocycles. The summed E-state index contributed by atoms with van der Waals surface area (Å²) in [5, 5.41) is 2.92. The summed E-state index contributed by atoms with van der Waals surface area (Å²) >= 11 is 0. The summed E-state index contributed by atoms with van der Waals surface area (Å²) in [6, 6.07) is -0.0602. The molecule has 0 saturated carbocycles. The minimum Gasteiger partial charge on any atom is -0.368 e. The highest BCUT2D eigenvalue weighted by atomic mass is 16.1. The van der Waals surface area contributed by atoms with E-state index in [1.54, 1.807) is 0 Å². The average molecular weight is 114 g/mol. The van der Waals surface area contributed by atoms with Crippen LogP contribution in [0.15, 0.2) is 0 Å². The fourth-order valence-electron chi connectivity index (χ4n) is 0.852. The fourth-order valence-corrected chi connectivity index (χ4v) is 0.852. The normalized spacial score (nSPS) is 36.1. The molecule has 3 nitrogen and oxygen atoms in total. The maximum Gasteiger partial charge on any atom is 0.234 e. The molecular weight excluding hydrogens is 104 g/mol. The van der Waals surface area contributed by atoms with Gasteiger partial charge in [0.25, 0.3) is 0 Å². The van der Waals surface area contributed by atoms with Crippen molar-refractivity contribution in [3.05, 3.63) is 0 Å². The smallest absolute Gasteiger partial charge is 0.234 e. The molecular formula is C5H10N2O. The first kappa shape index (κ1) is 5.56. The van der Waals surface area contributed by atoms with Gasteiger partial charge in [0.2, 0.25) is 5.91 Å². The largest absolute Gasteiger partial charge is 0.368 e. The van der Waals surface area contributed by atoms with Gasteiger partial charge in [-0.3, -0.25) is 4.79 Å². The zero-order chi connectivity index (χ0) is 6.15. The third-order valence-corrected chi connectivity index (χ3v) is 1.54.